The molecule has 0 saturated carbocycles. The highest BCUT2D eigenvalue weighted by molar-refractivity contribution is 7.92. The largest absolute Gasteiger partial charge is 0.276 e. The summed E-state index contributed by atoms with van der Waals surface area (Å²) in [4.78, 5) is 0.250. The molecule has 0 bridgehead atoms. The van der Waals surface area contributed by atoms with Crippen molar-refractivity contribution in [1.82, 2.24) is 9.78 Å². The molecule has 0 amide bonds. The fourth-order valence-corrected chi connectivity index (χ4v) is 4.22. The summed E-state index contributed by atoms with van der Waals surface area (Å²) in [6.07, 6.45) is 3.10. The molecule has 26 heavy (non-hydrogen) atoms. The van der Waals surface area contributed by atoms with Gasteiger partial charge in [-0.3, -0.25) is 9.40 Å². The lowest BCUT2D eigenvalue weighted by atomic mass is 10.2. The first-order valence-electron chi connectivity index (χ1n) is 7.81. The smallest absolute Gasteiger partial charge is 0.262 e. The van der Waals surface area contributed by atoms with Crippen LogP contribution in [0.25, 0.3) is 0 Å². The van der Waals surface area contributed by atoms with Gasteiger partial charge in [-0.15, -0.1) is 0 Å². The number of rotatable bonds is 5. The molecule has 0 spiro atoms. The SMILES string of the molecule is Cc1ccc(S(=O)(=O)Nc2cnn(Cc3ccc(Cl)c(Cl)c3)c2)c(C)c1. The van der Waals surface area contributed by atoms with Gasteiger partial charge in [0.05, 0.1) is 33.4 Å². The second kappa shape index (κ2) is 7.31. The van der Waals surface area contributed by atoms with E-state index in [1.54, 1.807) is 42.1 Å². The first kappa shape index (κ1) is 18.8. The molecule has 1 aromatic heterocycles. The Balaban J connectivity index is 1.78. The summed E-state index contributed by atoms with van der Waals surface area (Å²) in [6, 6.07) is 10.5. The fraction of sp³-hybridized carbons (Fsp3) is 0.167. The van der Waals surface area contributed by atoms with Gasteiger partial charge >= 0.3 is 0 Å². The van der Waals surface area contributed by atoms with Gasteiger partial charge < -0.3 is 0 Å². The number of aromatic nitrogens is 2. The summed E-state index contributed by atoms with van der Waals surface area (Å²) in [6.45, 7) is 4.14. The molecule has 3 rings (SSSR count). The maximum Gasteiger partial charge on any atom is 0.262 e. The molecule has 3 aromatic rings. The van der Waals surface area contributed by atoms with Gasteiger partial charge in [0.2, 0.25) is 0 Å². The van der Waals surface area contributed by atoms with Gasteiger partial charge in [0.25, 0.3) is 10.0 Å². The van der Waals surface area contributed by atoms with E-state index in [1.807, 2.05) is 19.1 Å². The van der Waals surface area contributed by atoms with Crippen molar-refractivity contribution in [2.75, 3.05) is 4.72 Å². The van der Waals surface area contributed by atoms with Crippen LogP contribution < -0.4 is 4.72 Å². The monoisotopic (exact) mass is 409 g/mol. The summed E-state index contributed by atoms with van der Waals surface area (Å²) >= 11 is 11.9. The zero-order chi connectivity index (χ0) is 18.9. The van der Waals surface area contributed by atoms with Crippen LogP contribution in [0.4, 0.5) is 5.69 Å². The third-order valence-electron chi connectivity index (χ3n) is 3.83. The van der Waals surface area contributed by atoms with Crippen LogP contribution in [-0.2, 0) is 16.6 Å². The zero-order valence-corrected chi connectivity index (χ0v) is 16.5. The van der Waals surface area contributed by atoms with E-state index in [0.717, 1.165) is 11.1 Å². The van der Waals surface area contributed by atoms with Crippen LogP contribution in [0.5, 0.6) is 0 Å². The Morgan fingerprint density at radius 1 is 1.08 bits per heavy atom. The standard InChI is InChI=1S/C18H17Cl2N3O2S/c1-12-3-6-18(13(2)7-12)26(24,25)22-15-9-21-23(11-15)10-14-4-5-16(19)17(20)8-14/h3-9,11,22H,10H2,1-2H3. The van der Waals surface area contributed by atoms with Crippen LogP contribution in [0.3, 0.4) is 0 Å². The summed E-state index contributed by atoms with van der Waals surface area (Å²) in [5.41, 5.74) is 3.01. The number of hydrogen-bond donors (Lipinski definition) is 1. The minimum atomic E-state index is -3.67. The van der Waals surface area contributed by atoms with E-state index in [4.69, 9.17) is 23.2 Å². The molecule has 0 saturated heterocycles. The Hall–Kier alpha value is -2.02. The number of nitrogens with one attached hydrogen (secondary N) is 1. The normalized spacial score (nSPS) is 11.5. The van der Waals surface area contributed by atoms with E-state index in [-0.39, 0.29) is 4.90 Å². The molecule has 0 aliphatic carbocycles. The number of aryl methyl sites for hydroxylation is 2. The summed E-state index contributed by atoms with van der Waals surface area (Å²) in [5.74, 6) is 0. The van der Waals surface area contributed by atoms with E-state index >= 15 is 0 Å². The van der Waals surface area contributed by atoms with Gasteiger partial charge in [-0.05, 0) is 43.2 Å². The molecule has 1 N–H and O–H groups in total. The van der Waals surface area contributed by atoms with Crippen molar-refractivity contribution >= 4 is 38.9 Å². The number of benzene rings is 2. The third-order valence-corrected chi connectivity index (χ3v) is 6.11. The summed E-state index contributed by atoms with van der Waals surface area (Å²) in [7, 11) is -3.67. The van der Waals surface area contributed by atoms with Crippen molar-refractivity contribution in [2.24, 2.45) is 0 Å². The highest BCUT2D eigenvalue weighted by Gasteiger charge is 2.17. The molecule has 0 fully saturated rings. The number of nitrogens with zero attached hydrogens (tertiary/aromatic N) is 2. The van der Waals surface area contributed by atoms with Crippen LogP contribution in [-0.4, -0.2) is 18.2 Å². The first-order valence-corrected chi connectivity index (χ1v) is 10.0. The van der Waals surface area contributed by atoms with Crippen LogP contribution in [0.15, 0.2) is 53.7 Å². The average Bonchev–Trinajstić information content (AvgIpc) is 2.96. The molecule has 1 heterocycles. The van der Waals surface area contributed by atoms with Crippen LogP contribution >= 0.6 is 23.2 Å². The maximum absolute atomic E-state index is 12.6. The molecule has 136 valence electrons. The molecular formula is C18H17Cl2N3O2S. The number of anilines is 1. The second-order valence-electron chi connectivity index (χ2n) is 6.05. The predicted molar refractivity (Wildman–Crippen MR) is 105 cm³/mol. The number of sulfonamides is 1. The first-order chi connectivity index (χ1) is 12.2. The number of hydrogen-bond acceptors (Lipinski definition) is 3. The Labute approximate surface area is 162 Å². The van der Waals surface area contributed by atoms with E-state index in [9.17, 15) is 8.42 Å². The molecule has 0 atom stereocenters. The highest BCUT2D eigenvalue weighted by Crippen LogP contribution is 2.24. The van der Waals surface area contributed by atoms with Crippen molar-refractivity contribution in [3.8, 4) is 0 Å². The Kier molecular flexibility index (Phi) is 5.27. The lowest BCUT2D eigenvalue weighted by Gasteiger charge is -2.09. The quantitative estimate of drug-likeness (QED) is 0.666. The second-order valence-corrected chi connectivity index (χ2v) is 8.51. The van der Waals surface area contributed by atoms with Gasteiger partial charge in [0.1, 0.15) is 0 Å². The summed E-state index contributed by atoms with van der Waals surface area (Å²) < 4.78 is 29.4. The molecule has 0 aliphatic rings. The van der Waals surface area contributed by atoms with Gasteiger partial charge in [0.15, 0.2) is 0 Å². The van der Waals surface area contributed by atoms with Gasteiger partial charge in [-0.1, -0.05) is 47.0 Å². The lowest BCUT2D eigenvalue weighted by molar-refractivity contribution is 0.600. The van der Waals surface area contributed by atoms with Gasteiger partial charge in [-0.25, -0.2) is 8.42 Å². The van der Waals surface area contributed by atoms with Crippen molar-refractivity contribution < 1.29 is 8.42 Å². The molecule has 0 aliphatic heterocycles. The Morgan fingerprint density at radius 2 is 1.85 bits per heavy atom. The predicted octanol–water partition coefficient (Wildman–Crippen LogP) is 4.66. The van der Waals surface area contributed by atoms with Crippen molar-refractivity contribution in [3.05, 3.63) is 75.5 Å². The fourth-order valence-electron chi connectivity index (χ4n) is 2.64. The van der Waals surface area contributed by atoms with Gasteiger partial charge in [-0.2, -0.15) is 5.10 Å². The van der Waals surface area contributed by atoms with Crippen molar-refractivity contribution in [2.45, 2.75) is 25.3 Å². The van der Waals surface area contributed by atoms with E-state index in [2.05, 4.69) is 9.82 Å². The topological polar surface area (TPSA) is 64.0 Å². The minimum absolute atomic E-state index is 0.250. The molecule has 8 heteroatoms. The zero-order valence-electron chi connectivity index (χ0n) is 14.2. The average molecular weight is 410 g/mol. The van der Waals surface area contributed by atoms with Crippen LogP contribution in [0, 0.1) is 13.8 Å². The van der Waals surface area contributed by atoms with Crippen molar-refractivity contribution in [3.63, 3.8) is 0 Å². The maximum atomic E-state index is 12.6. The van der Waals surface area contributed by atoms with E-state index < -0.39 is 10.0 Å². The highest BCUT2D eigenvalue weighted by atomic mass is 35.5. The van der Waals surface area contributed by atoms with E-state index in [0.29, 0.717) is 27.8 Å². The van der Waals surface area contributed by atoms with Crippen LogP contribution in [0.2, 0.25) is 10.0 Å². The van der Waals surface area contributed by atoms with Crippen molar-refractivity contribution in [1.29, 1.82) is 0 Å². The molecule has 2 aromatic carbocycles. The Morgan fingerprint density at radius 3 is 2.54 bits per heavy atom. The Bertz CT molecular complexity index is 1060. The minimum Gasteiger partial charge on any atom is -0.276 e. The number of halogens is 2. The molecular weight excluding hydrogens is 393 g/mol. The summed E-state index contributed by atoms with van der Waals surface area (Å²) in [5, 5.41) is 5.14. The molecule has 0 unspecified atom stereocenters. The van der Waals surface area contributed by atoms with Crippen LogP contribution in [0.1, 0.15) is 16.7 Å². The lowest BCUT2D eigenvalue weighted by Crippen LogP contribution is -2.14. The van der Waals surface area contributed by atoms with E-state index in [1.165, 1.54) is 6.20 Å². The van der Waals surface area contributed by atoms with Gasteiger partial charge in [0, 0.05) is 6.20 Å². The molecule has 5 nitrogen and oxygen atoms in total. The third kappa shape index (κ3) is 4.20. The molecule has 0 radical (unpaired) electrons.